The number of imidazole rings is 1. The Hall–Kier alpha value is -2.94. The number of fused-ring (bicyclic) bond motifs is 7. The lowest BCUT2D eigenvalue weighted by Crippen LogP contribution is -2.09. The van der Waals surface area contributed by atoms with Gasteiger partial charge < -0.3 is 0 Å². The van der Waals surface area contributed by atoms with Crippen LogP contribution >= 0.6 is 0 Å². The second-order valence-electron chi connectivity index (χ2n) is 9.06. The standard InChI is InChI=1S/C25H25N3/c1-15-16(2)28-22-13-20-17(14-25(3,4)5)9-8-12-21(20)27-23(22)18-10-6-7-11-19(18)24(28)26-15/h6-13H,14H2,1-5H3. The largest absolute Gasteiger partial charge is 0.295 e. The van der Waals surface area contributed by atoms with Crippen LogP contribution in [0, 0.1) is 19.3 Å². The molecule has 28 heavy (non-hydrogen) atoms. The van der Waals surface area contributed by atoms with E-state index in [-0.39, 0.29) is 5.41 Å². The van der Waals surface area contributed by atoms with Crippen molar-refractivity contribution in [2.24, 2.45) is 5.41 Å². The number of aryl methyl sites for hydroxylation is 2. The van der Waals surface area contributed by atoms with Crippen LogP contribution in [-0.2, 0) is 6.42 Å². The van der Waals surface area contributed by atoms with E-state index in [0.29, 0.717) is 0 Å². The minimum absolute atomic E-state index is 0.226. The molecule has 3 heterocycles. The molecule has 2 aromatic carbocycles. The molecule has 0 N–H and O–H groups in total. The summed E-state index contributed by atoms with van der Waals surface area (Å²) in [5, 5.41) is 3.56. The molecule has 0 fully saturated rings. The molecular weight excluding hydrogens is 342 g/mol. The second kappa shape index (κ2) is 5.78. The lowest BCUT2D eigenvalue weighted by atomic mass is 9.86. The maximum Gasteiger partial charge on any atom is 0.145 e. The molecule has 140 valence electrons. The summed E-state index contributed by atoms with van der Waals surface area (Å²) in [6.45, 7) is 11.1. The van der Waals surface area contributed by atoms with Crippen LogP contribution in [0.4, 0.5) is 0 Å². The summed E-state index contributed by atoms with van der Waals surface area (Å²) in [6, 6.07) is 17.3. The van der Waals surface area contributed by atoms with Gasteiger partial charge in [-0.05, 0) is 43.4 Å². The van der Waals surface area contributed by atoms with Gasteiger partial charge in [0.1, 0.15) is 5.65 Å². The first-order valence-electron chi connectivity index (χ1n) is 9.92. The fourth-order valence-electron chi connectivity index (χ4n) is 4.31. The molecule has 0 unspecified atom stereocenters. The first-order valence-corrected chi connectivity index (χ1v) is 9.92. The average molecular weight is 367 g/mol. The average Bonchev–Trinajstić information content (AvgIpc) is 2.95. The van der Waals surface area contributed by atoms with Crippen LogP contribution in [0.15, 0.2) is 48.5 Å². The van der Waals surface area contributed by atoms with Gasteiger partial charge in [0, 0.05) is 21.9 Å². The smallest absolute Gasteiger partial charge is 0.145 e. The number of pyridine rings is 2. The number of hydrogen-bond donors (Lipinski definition) is 0. The van der Waals surface area contributed by atoms with Gasteiger partial charge in [-0.15, -0.1) is 0 Å². The van der Waals surface area contributed by atoms with E-state index in [1.807, 2.05) is 0 Å². The molecule has 5 aromatic rings. The van der Waals surface area contributed by atoms with Gasteiger partial charge in [-0.3, -0.25) is 4.40 Å². The van der Waals surface area contributed by atoms with E-state index < -0.39 is 0 Å². The van der Waals surface area contributed by atoms with Crippen LogP contribution in [0.2, 0.25) is 0 Å². The lowest BCUT2D eigenvalue weighted by molar-refractivity contribution is 0.412. The van der Waals surface area contributed by atoms with E-state index in [1.165, 1.54) is 16.6 Å². The highest BCUT2D eigenvalue weighted by Gasteiger charge is 2.18. The fourth-order valence-corrected chi connectivity index (χ4v) is 4.31. The Morgan fingerprint density at radius 2 is 1.61 bits per heavy atom. The van der Waals surface area contributed by atoms with Crippen LogP contribution in [0.5, 0.6) is 0 Å². The van der Waals surface area contributed by atoms with E-state index >= 15 is 0 Å². The fraction of sp³-hybridized carbons (Fsp3) is 0.280. The normalized spacial score (nSPS) is 12.6. The van der Waals surface area contributed by atoms with Gasteiger partial charge >= 0.3 is 0 Å². The van der Waals surface area contributed by atoms with Gasteiger partial charge in [0.25, 0.3) is 0 Å². The highest BCUT2D eigenvalue weighted by molar-refractivity contribution is 6.12. The highest BCUT2D eigenvalue weighted by Crippen LogP contribution is 2.33. The maximum atomic E-state index is 5.15. The summed E-state index contributed by atoms with van der Waals surface area (Å²) >= 11 is 0. The summed E-state index contributed by atoms with van der Waals surface area (Å²) in [5.41, 5.74) is 8.10. The SMILES string of the molecule is Cc1nc2c3ccccc3c3nc4cccc(CC(C)(C)C)c4cc3n2c1C. The molecule has 0 saturated heterocycles. The summed E-state index contributed by atoms with van der Waals surface area (Å²) in [7, 11) is 0. The summed E-state index contributed by atoms with van der Waals surface area (Å²) in [4.78, 5) is 10.0. The molecule has 0 aliphatic heterocycles. The molecule has 3 heteroatoms. The molecule has 0 amide bonds. The Balaban J connectivity index is 2.00. The van der Waals surface area contributed by atoms with Crippen molar-refractivity contribution >= 4 is 38.4 Å². The maximum absolute atomic E-state index is 5.15. The molecule has 3 aromatic heterocycles. The molecule has 3 nitrogen and oxygen atoms in total. The Labute approximate surface area is 165 Å². The van der Waals surface area contributed by atoms with Crippen molar-refractivity contribution in [2.75, 3.05) is 0 Å². The van der Waals surface area contributed by atoms with E-state index in [2.05, 4.69) is 87.6 Å². The van der Waals surface area contributed by atoms with E-state index in [1.54, 1.807) is 0 Å². The van der Waals surface area contributed by atoms with Crippen molar-refractivity contribution in [3.63, 3.8) is 0 Å². The van der Waals surface area contributed by atoms with Gasteiger partial charge in [0.15, 0.2) is 0 Å². The molecular formula is C25H25N3. The highest BCUT2D eigenvalue weighted by atomic mass is 15.0. The van der Waals surface area contributed by atoms with Gasteiger partial charge in [-0.2, -0.15) is 0 Å². The van der Waals surface area contributed by atoms with Crippen LogP contribution in [0.1, 0.15) is 37.7 Å². The number of hydrogen-bond acceptors (Lipinski definition) is 2. The molecule has 0 spiro atoms. The van der Waals surface area contributed by atoms with Crippen LogP contribution < -0.4 is 0 Å². The van der Waals surface area contributed by atoms with Crippen molar-refractivity contribution in [1.82, 2.24) is 14.4 Å². The van der Waals surface area contributed by atoms with Gasteiger partial charge in [-0.1, -0.05) is 57.2 Å². The zero-order valence-electron chi connectivity index (χ0n) is 17.2. The predicted molar refractivity (Wildman–Crippen MR) is 118 cm³/mol. The Morgan fingerprint density at radius 1 is 0.857 bits per heavy atom. The zero-order valence-corrected chi connectivity index (χ0v) is 17.2. The molecule has 0 saturated carbocycles. The summed E-state index contributed by atoms with van der Waals surface area (Å²) in [5.74, 6) is 0. The van der Waals surface area contributed by atoms with Crippen molar-refractivity contribution in [3.8, 4) is 0 Å². The number of rotatable bonds is 1. The minimum Gasteiger partial charge on any atom is -0.295 e. The molecule has 0 atom stereocenters. The van der Waals surface area contributed by atoms with E-state index in [0.717, 1.165) is 45.1 Å². The molecule has 0 aliphatic carbocycles. The van der Waals surface area contributed by atoms with E-state index in [9.17, 15) is 0 Å². The number of benzene rings is 2. The minimum atomic E-state index is 0.226. The van der Waals surface area contributed by atoms with Gasteiger partial charge in [0.2, 0.25) is 0 Å². The number of aromatic nitrogens is 3. The quantitative estimate of drug-likeness (QED) is 0.254. The third kappa shape index (κ3) is 2.50. The van der Waals surface area contributed by atoms with Gasteiger partial charge in [0.05, 0.1) is 22.2 Å². The topological polar surface area (TPSA) is 30.2 Å². The van der Waals surface area contributed by atoms with Crippen molar-refractivity contribution in [1.29, 1.82) is 0 Å². The Morgan fingerprint density at radius 3 is 2.36 bits per heavy atom. The lowest BCUT2D eigenvalue weighted by Gasteiger charge is -2.19. The number of nitrogens with zero attached hydrogens (tertiary/aromatic N) is 3. The third-order valence-electron chi connectivity index (χ3n) is 5.66. The summed E-state index contributed by atoms with van der Waals surface area (Å²) < 4.78 is 2.29. The molecule has 0 radical (unpaired) electrons. The van der Waals surface area contributed by atoms with E-state index in [4.69, 9.17) is 9.97 Å². The Kier molecular flexibility index (Phi) is 3.54. The van der Waals surface area contributed by atoms with Crippen LogP contribution in [0.3, 0.4) is 0 Å². The monoisotopic (exact) mass is 367 g/mol. The molecule has 0 aliphatic rings. The van der Waals surface area contributed by atoms with Crippen molar-refractivity contribution in [2.45, 2.75) is 41.0 Å². The second-order valence-corrected chi connectivity index (χ2v) is 9.06. The van der Waals surface area contributed by atoms with Crippen molar-refractivity contribution in [3.05, 3.63) is 65.5 Å². The zero-order chi connectivity index (χ0) is 19.6. The molecule has 5 rings (SSSR count). The first kappa shape index (κ1) is 17.2. The van der Waals surface area contributed by atoms with Crippen LogP contribution in [0.25, 0.3) is 38.4 Å². The third-order valence-corrected chi connectivity index (χ3v) is 5.66. The summed E-state index contributed by atoms with van der Waals surface area (Å²) in [6.07, 6.45) is 1.02. The first-order chi connectivity index (χ1) is 13.3. The van der Waals surface area contributed by atoms with Crippen molar-refractivity contribution < 1.29 is 0 Å². The van der Waals surface area contributed by atoms with Crippen LogP contribution in [-0.4, -0.2) is 14.4 Å². The van der Waals surface area contributed by atoms with Gasteiger partial charge in [-0.25, -0.2) is 9.97 Å². The predicted octanol–water partition coefficient (Wildman–Crippen LogP) is 6.39. The Bertz CT molecular complexity index is 1380. The molecule has 0 bridgehead atoms.